The molecule has 1 aliphatic heterocycles. The largest absolute Gasteiger partial charge is 0.385 e. The van der Waals surface area contributed by atoms with Crippen LogP contribution >= 0.6 is 0 Å². The van der Waals surface area contributed by atoms with Crippen molar-refractivity contribution in [3.05, 3.63) is 29.3 Å². The average Bonchev–Trinajstić information content (AvgIpc) is 2.29. The first-order valence-electron chi connectivity index (χ1n) is 4.76. The molecule has 1 unspecified atom stereocenters. The van der Waals surface area contributed by atoms with Gasteiger partial charge in [0.1, 0.15) is 6.17 Å². The number of rotatable bonds is 0. The lowest BCUT2D eigenvalue weighted by molar-refractivity contribution is 0.324. The van der Waals surface area contributed by atoms with Gasteiger partial charge in [-0.2, -0.15) is 0 Å². The van der Waals surface area contributed by atoms with E-state index in [9.17, 15) is 4.39 Å². The maximum absolute atomic E-state index is 13.6. The summed E-state index contributed by atoms with van der Waals surface area (Å²) in [6, 6.07) is 5.94. The zero-order valence-electron chi connectivity index (χ0n) is 7.81. The van der Waals surface area contributed by atoms with Crippen LogP contribution in [0, 0.1) is 6.92 Å². The number of halogens is 1. The zero-order chi connectivity index (χ0) is 9.26. The minimum atomic E-state index is -0.787. The van der Waals surface area contributed by atoms with Crippen LogP contribution in [0.15, 0.2) is 18.2 Å². The summed E-state index contributed by atoms with van der Waals surface area (Å²) in [5.74, 6) is 0. The van der Waals surface area contributed by atoms with Gasteiger partial charge in [-0.1, -0.05) is 17.7 Å². The molecule has 0 bridgehead atoms. The molecule has 1 nitrogen and oxygen atoms in total. The van der Waals surface area contributed by atoms with Gasteiger partial charge in [0, 0.05) is 17.8 Å². The molecule has 70 valence electrons. The van der Waals surface area contributed by atoms with Crippen LogP contribution < -0.4 is 5.32 Å². The fourth-order valence-electron chi connectivity index (χ4n) is 1.76. The van der Waals surface area contributed by atoms with Crippen LogP contribution in [-0.2, 0) is 0 Å². The van der Waals surface area contributed by atoms with Gasteiger partial charge in [-0.3, -0.25) is 0 Å². The van der Waals surface area contributed by atoms with Gasteiger partial charge in [0.05, 0.1) is 0 Å². The second kappa shape index (κ2) is 3.36. The monoisotopic (exact) mass is 179 g/mol. The van der Waals surface area contributed by atoms with E-state index < -0.39 is 6.17 Å². The van der Waals surface area contributed by atoms with Crippen LogP contribution in [0.3, 0.4) is 0 Å². The van der Waals surface area contributed by atoms with Gasteiger partial charge in [-0.25, -0.2) is 4.39 Å². The predicted octanol–water partition coefficient (Wildman–Crippen LogP) is 3.21. The highest BCUT2D eigenvalue weighted by molar-refractivity contribution is 5.54. The molecule has 0 aromatic heterocycles. The van der Waals surface area contributed by atoms with Gasteiger partial charge >= 0.3 is 0 Å². The van der Waals surface area contributed by atoms with Crippen molar-refractivity contribution >= 4 is 5.69 Å². The van der Waals surface area contributed by atoms with Crippen LogP contribution in [0.25, 0.3) is 0 Å². The first-order valence-corrected chi connectivity index (χ1v) is 4.76. The molecule has 0 saturated heterocycles. The Balaban J connectivity index is 2.43. The molecule has 0 saturated carbocycles. The summed E-state index contributed by atoms with van der Waals surface area (Å²) in [6.45, 7) is 2.88. The molecule has 0 aliphatic carbocycles. The van der Waals surface area contributed by atoms with E-state index in [2.05, 4.69) is 5.32 Å². The summed E-state index contributed by atoms with van der Waals surface area (Å²) >= 11 is 0. The van der Waals surface area contributed by atoms with Gasteiger partial charge in [0.15, 0.2) is 0 Å². The Labute approximate surface area is 78.0 Å². The lowest BCUT2D eigenvalue weighted by Crippen LogP contribution is -1.99. The van der Waals surface area contributed by atoms with Crippen molar-refractivity contribution in [2.45, 2.75) is 25.9 Å². The molecule has 0 radical (unpaired) electrons. The van der Waals surface area contributed by atoms with Crippen molar-refractivity contribution < 1.29 is 4.39 Å². The van der Waals surface area contributed by atoms with E-state index in [1.165, 1.54) is 0 Å². The Morgan fingerprint density at radius 1 is 1.46 bits per heavy atom. The molecule has 1 aliphatic rings. The number of hydrogen-bond acceptors (Lipinski definition) is 1. The molecular weight excluding hydrogens is 165 g/mol. The zero-order valence-corrected chi connectivity index (χ0v) is 7.81. The van der Waals surface area contributed by atoms with E-state index in [1.54, 1.807) is 0 Å². The van der Waals surface area contributed by atoms with Crippen LogP contribution in [0.5, 0.6) is 0 Å². The minimum Gasteiger partial charge on any atom is -0.385 e. The van der Waals surface area contributed by atoms with E-state index in [0.29, 0.717) is 6.42 Å². The normalized spacial score (nSPS) is 21.5. The van der Waals surface area contributed by atoms with Crippen molar-refractivity contribution in [3.63, 3.8) is 0 Å². The Morgan fingerprint density at radius 3 is 3.15 bits per heavy atom. The second-order valence-electron chi connectivity index (χ2n) is 3.63. The van der Waals surface area contributed by atoms with Gasteiger partial charge in [-0.05, 0) is 25.8 Å². The molecule has 0 spiro atoms. The first kappa shape index (κ1) is 8.54. The molecule has 1 atom stereocenters. The molecule has 1 heterocycles. The summed E-state index contributed by atoms with van der Waals surface area (Å²) in [5, 5.41) is 3.24. The molecule has 2 rings (SSSR count). The SMILES string of the molecule is Cc1ccc2c(c1)C(F)CCCN2. The number of nitrogens with one attached hydrogen (secondary N) is 1. The summed E-state index contributed by atoms with van der Waals surface area (Å²) in [5.41, 5.74) is 2.93. The third-order valence-corrected chi connectivity index (χ3v) is 2.49. The lowest BCUT2D eigenvalue weighted by Gasteiger charge is -2.10. The number of fused-ring (bicyclic) bond motifs is 1. The van der Waals surface area contributed by atoms with Gasteiger partial charge < -0.3 is 5.32 Å². The van der Waals surface area contributed by atoms with E-state index in [-0.39, 0.29) is 0 Å². The summed E-state index contributed by atoms with van der Waals surface area (Å²) in [4.78, 5) is 0. The predicted molar refractivity (Wildman–Crippen MR) is 52.8 cm³/mol. The Kier molecular flexibility index (Phi) is 2.21. The number of benzene rings is 1. The Morgan fingerprint density at radius 2 is 2.31 bits per heavy atom. The summed E-state index contributed by atoms with van der Waals surface area (Å²) in [6.07, 6.45) is 0.767. The third kappa shape index (κ3) is 1.67. The van der Waals surface area contributed by atoms with E-state index >= 15 is 0 Å². The molecular formula is C11H14FN. The molecule has 1 aromatic carbocycles. The second-order valence-corrected chi connectivity index (χ2v) is 3.63. The van der Waals surface area contributed by atoms with Crippen LogP contribution in [0.2, 0.25) is 0 Å². The highest BCUT2D eigenvalue weighted by Crippen LogP contribution is 2.32. The van der Waals surface area contributed by atoms with E-state index in [1.807, 2.05) is 25.1 Å². The van der Waals surface area contributed by atoms with Crippen molar-refractivity contribution in [1.82, 2.24) is 0 Å². The fraction of sp³-hybridized carbons (Fsp3) is 0.455. The smallest absolute Gasteiger partial charge is 0.127 e. The maximum atomic E-state index is 13.6. The minimum absolute atomic E-state index is 0.642. The molecule has 0 fully saturated rings. The van der Waals surface area contributed by atoms with Crippen LogP contribution in [-0.4, -0.2) is 6.54 Å². The van der Waals surface area contributed by atoms with Crippen molar-refractivity contribution in [3.8, 4) is 0 Å². The van der Waals surface area contributed by atoms with E-state index in [0.717, 1.165) is 29.8 Å². The highest BCUT2D eigenvalue weighted by Gasteiger charge is 2.16. The summed E-state index contributed by atoms with van der Waals surface area (Å²) in [7, 11) is 0. The van der Waals surface area contributed by atoms with Gasteiger partial charge in [0.2, 0.25) is 0 Å². The van der Waals surface area contributed by atoms with E-state index in [4.69, 9.17) is 0 Å². The lowest BCUT2D eigenvalue weighted by atomic mass is 10.0. The summed E-state index contributed by atoms with van der Waals surface area (Å²) < 4.78 is 13.6. The number of hydrogen-bond donors (Lipinski definition) is 1. The fourth-order valence-corrected chi connectivity index (χ4v) is 1.76. The molecule has 0 amide bonds. The van der Waals surface area contributed by atoms with Gasteiger partial charge in [0.25, 0.3) is 0 Å². The van der Waals surface area contributed by atoms with Crippen molar-refractivity contribution in [2.75, 3.05) is 11.9 Å². The van der Waals surface area contributed by atoms with Crippen LogP contribution in [0.1, 0.15) is 30.1 Å². The number of aryl methyl sites for hydroxylation is 1. The Hall–Kier alpha value is -1.05. The maximum Gasteiger partial charge on any atom is 0.127 e. The van der Waals surface area contributed by atoms with Crippen molar-refractivity contribution in [2.24, 2.45) is 0 Å². The highest BCUT2D eigenvalue weighted by atomic mass is 19.1. The number of anilines is 1. The van der Waals surface area contributed by atoms with Crippen molar-refractivity contribution in [1.29, 1.82) is 0 Å². The third-order valence-electron chi connectivity index (χ3n) is 2.49. The number of alkyl halides is 1. The first-order chi connectivity index (χ1) is 6.27. The molecule has 1 aromatic rings. The average molecular weight is 179 g/mol. The van der Waals surface area contributed by atoms with Crippen LogP contribution in [0.4, 0.5) is 10.1 Å². The standard InChI is InChI=1S/C11H14FN/c1-8-4-5-11-9(7-8)10(12)3-2-6-13-11/h4-5,7,10,13H,2-3,6H2,1H3. The molecule has 13 heavy (non-hydrogen) atoms. The van der Waals surface area contributed by atoms with Gasteiger partial charge in [-0.15, -0.1) is 0 Å². The Bertz CT molecular complexity index is 309. The molecule has 1 N–H and O–H groups in total. The molecule has 2 heteroatoms. The topological polar surface area (TPSA) is 12.0 Å². The quantitative estimate of drug-likeness (QED) is 0.644.